The third-order valence-electron chi connectivity index (χ3n) is 6.51. The second-order valence-corrected chi connectivity index (χ2v) is 10.1. The summed E-state index contributed by atoms with van der Waals surface area (Å²) in [6, 6.07) is 12.8. The van der Waals surface area contributed by atoms with Crippen LogP contribution in [0.3, 0.4) is 0 Å². The maximum Gasteiger partial charge on any atom is 0.267 e. The van der Waals surface area contributed by atoms with Crippen LogP contribution in [0, 0.1) is 11.8 Å². The normalized spacial score (nSPS) is 21.9. The van der Waals surface area contributed by atoms with E-state index in [9.17, 15) is 4.79 Å². The van der Waals surface area contributed by atoms with Crippen molar-refractivity contribution in [2.24, 2.45) is 16.9 Å². The molecule has 0 saturated heterocycles. The molecule has 0 spiro atoms. The number of halogens is 3. The standard InChI is InChI=1S/C25H28Cl3N3O/c1-16-23(25(32)29-15-17-6-4-2-3-5-7-17)30-31(22-13-12-20(27)14-21(22)28)24(16)18-8-10-19(26)11-9-18/h8-14,16-17,24H,2-7,15H2,1H3,(H,29,32)/t16-,24+/m1/s1. The molecule has 2 aromatic rings. The lowest BCUT2D eigenvalue weighted by Gasteiger charge is -2.27. The van der Waals surface area contributed by atoms with Crippen molar-refractivity contribution in [1.82, 2.24) is 5.32 Å². The highest BCUT2D eigenvalue weighted by Gasteiger charge is 2.40. The first kappa shape index (κ1) is 23.4. The first-order valence-corrected chi connectivity index (χ1v) is 12.4. The van der Waals surface area contributed by atoms with Crippen LogP contribution in [-0.2, 0) is 4.79 Å². The summed E-state index contributed by atoms with van der Waals surface area (Å²) in [6.07, 6.45) is 7.46. The summed E-state index contributed by atoms with van der Waals surface area (Å²) in [7, 11) is 0. The van der Waals surface area contributed by atoms with Gasteiger partial charge >= 0.3 is 0 Å². The lowest BCUT2D eigenvalue weighted by molar-refractivity contribution is -0.115. The summed E-state index contributed by atoms with van der Waals surface area (Å²) in [5.74, 6) is 0.318. The average molecular weight is 493 g/mol. The molecule has 0 radical (unpaired) electrons. The zero-order chi connectivity index (χ0) is 22.7. The van der Waals surface area contributed by atoms with Gasteiger partial charge < -0.3 is 5.32 Å². The van der Waals surface area contributed by atoms with Crippen molar-refractivity contribution in [2.75, 3.05) is 11.6 Å². The van der Waals surface area contributed by atoms with Crippen molar-refractivity contribution in [2.45, 2.75) is 51.5 Å². The van der Waals surface area contributed by atoms with Crippen molar-refractivity contribution < 1.29 is 4.79 Å². The Morgan fingerprint density at radius 2 is 1.66 bits per heavy atom. The summed E-state index contributed by atoms with van der Waals surface area (Å²) in [5.41, 5.74) is 2.25. The minimum absolute atomic E-state index is 0.103. The maximum absolute atomic E-state index is 13.2. The molecule has 7 heteroatoms. The molecule has 0 unspecified atom stereocenters. The lowest BCUT2D eigenvalue weighted by atomic mass is 9.90. The molecule has 1 N–H and O–H groups in total. The van der Waals surface area contributed by atoms with Gasteiger partial charge in [-0.15, -0.1) is 0 Å². The Kier molecular flexibility index (Phi) is 7.65. The number of anilines is 1. The van der Waals surface area contributed by atoms with Crippen LogP contribution in [0.4, 0.5) is 5.69 Å². The Morgan fingerprint density at radius 1 is 1.00 bits per heavy atom. The largest absolute Gasteiger partial charge is 0.351 e. The SMILES string of the molecule is C[C@@H]1C(C(=O)NCC2CCCCCC2)=NN(c2ccc(Cl)cc2Cl)[C@@H]1c1ccc(Cl)cc1. The van der Waals surface area contributed by atoms with Gasteiger partial charge in [0.1, 0.15) is 5.71 Å². The summed E-state index contributed by atoms with van der Waals surface area (Å²) in [4.78, 5) is 13.2. The molecule has 2 aromatic carbocycles. The number of carbonyl (C=O) groups is 1. The Morgan fingerprint density at radius 3 is 2.31 bits per heavy atom. The number of hydrazone groups is 1. The van der Waals surface area contributed by atoms with E-state index in [0.717, 1.165) is 11.3 Å². The van der Waals surface area contributed by atoms with Gasteiger partial charge in [0.25, 0.3) is 5.91 Å². The number of amides is 1. The second kappa shape index (κ2) is 10.5. The minimum atomic E-state index is -0.176. The molecule has 1 saturated carbocycles. The fourth-order valence-corrected chi connectivity index (χ4v) is 5.36. The summed E-state index contributed by atoms with van der Waals surface area (Å²) in [6.45, 7) is 2.74. The molecule has 4 nitrogen and oxygen atoms in total. The fraction of sp³-hybridized carbons (Fsp3) is 0.440. The van der Waals surface area contributed by atoms with E-state index < -0.39 is 0 Å². The van der Waals surface area contributed by atoms with Crippen LogP contribution in [-0.4, -0.2) is 18.2 Å². The quantitative estimate of drug-likeness (QED) is 0.445. The number of benzene rings is 2. The molecule has 1 aliphatic carbocycles. The van der Waals surface area contributed by atoms with Gasteiger partial charge in [-0.25, -0.2) is 0 Å². The Hall–Kier alpha value is -1.75. The van der Waals surface area contributed by atoms with Crippen molar-refractivity contribution in [1.29, 1.82) is 0 Å². The summed E-state index contributed by atoms with van der Waals surface area (Å²) in [5, 5.41) is 11.5. The van der Waals surface area contributed by atoms with Gasteiger partial charge in [-0.05, 0) is 54.7 Å². The number of hydrogen-bond donors (Lipinski definition) is 1. The molecule has 32 heavy (non-hydrogen) atoms. The number of carbonyl (C=O) groups excluding carboxylic acids is 1. The third kappa shape index (κ3) is 5.24. The molecular formula is C25H28Cl3N3O. The topological polar surface area (TPSA) is 44.7 Å². The fourth-order valence-electron chi connectivity index (χ4n) is 4.74. The molecule has 2 aliphatic rings. The Bertz CT molecular complexity index is 984. The van der Waals surface area contributed by atoms with Crippen LogP contribution >= 0.6 is 34.8 Å². The zero-order valence-electron chi connectivity index (χ0n) is 18.2. The van der Waals surface area contributed by atoms with E-state index in [1.807, 2.05) is 42.3 Å². The number of nitrogens with zero attached hydrogens (tertiary/aromatic N) is 2. The molecular weight excluding hydrogens is 465 g/mol. The Balaban J connectivity index is 1.60. The van der Waals surface area contributed by atoms with Gasteiger partial charge in [0, 0.05) is 22.5 Å². The molecule has 170 valence electrons. The van der Waals surface area contributed by atoms with Gasteiger partial charge in [-0.3, -0.25) is 9.80 Å². The van der Waals surface area contributed by atoms with Crippen LogP contribution in [0.15, 0.2) is 47.6 Å². The highest BCUT2D eigenvalue weighted by Crippen LogP contribution is 2.42. The molecule has 4 rings (SSSR count). The smallest absolute Gasteiger partial charge is 0.267 e. The maximum atomic E-state index is 13.2. The van der Waals surface area contributed by atoms with Crippen molar-refractivity contribution in [3.8, 4) is 0 Å². The number of hydrogen-bond acceptors (Lipinski definition) is 3. The number of rotatable bonds is 5. The van der Waals surface area contributed by atoms with Crippen molar-refractivity contribution >= 4 is 52.1 Å². The van der Waals surface area contributed by atoms with Crippen LogP contribution in [0.1, 0.15) is 57.1 Å². The predicted molar refractivity (Wildman–Crippen MR) is 134 cm³/mol. The summed E-state index contributed by atoms with van der Waals surface area (Å²) >= 11 is 18.7. The van der Waals surface area contributed by atoms with E-state index in [2.05, 4.69) is 5.32 Å². The average Bonchev–Trinajstić information content (AvgIpc) is 2.93. The molecule has 0 bridgehead atoms. The summed E-state index contributed by atoms with van der Waals surface area (Å²) < 4.78 is 0. The monoisotopic (exact) mass is 491 g/mol. The van der Waals surface area contributed by atoms with E-state index >= 15 is 0 Å². The zero-order valence-corrected chi connectivity index (χ0v) is 20.4. The Labute approximate surface area is 204 Å². The molecule has 2 atom stereocenters. The minimum Gasteiger partial charge on any atom is -0.351 e. The van der Waals surface area contributed by atoms with Crippen LogP contribution < -0.4 is 10.3 Å². The van der Waals surface area contributed by atoms with Crippen molar-refractivity contribution in [3.63, 3.8) is 0 Å². The third-order valence-corrected chi connectivity index (χ3v) is 7.30. The van der Waals surface area contributed by atoms with Crippen LogP contribution in [0.25, 0.3) is 0 Å². The van der Waals surface area contributed by atoms with Gasteiger partial charge in [0.05, 0.1) is 16.8 Å². The highest BCUT2D eigenvalue weighted by molar-refractivity contribution is 6.41. The van der Waals surface area contributed by atoms with E-state index in [-0.39, 0.29) is 17.9 Å². The van der Waals surface area contributed by atoms with Gasteiger partial charge in [-0.1, -0.05) is 79.5 Å². The highest BCUT2D eigenvalue weighted by atomic mass is 35.5. The van der Waals surface area contributed by atoms with E-state index in [1.54, 1.807) is 12.1 Å². The van der Waals surface area contributed by atoms with Crippen LogP contribution in [0.2, 0.25) is 15.1 Å². The first-order chi connectivity index (χ1) is 15.4. The predicted octanol–water partition coefficient (Wildman–Crippen LogP) is 7.29. The molecule has 1 heterocycles. The van der Waals surface area contributed by atoms with Gasteiger partial charge in [-0.2, -0.15) is 5.10 Å². The second-order valence-electron chi connectivity index (χ2n) is 8.78. The van der Waals surface area contributed by atoms with E-state index in [0.29, 0.717) is 33.2 Å². The first-order valence-electron chi connectivity index (χ1n) is 11.3. The van der Waals surface area contributed by atoms with Gasteiger partial charge in [0.2, 0.25) is 0 Å². The van der Waals surface area contributed by atoms with Crippen LogP contribution in [0.5, 0.6) is 0 Å². The molecule has 1 amide bonds. The molecule has 1 aliphatic heterocycles. The van der Waals surface area contributed by atoms with E-state index in [4.69, 9.17) is 39.9 Å². The van der Waals surface area contributed by atoms with E-state index in [1.165, 1.54) is 38.5 Å². The number of nitrogens with one attached hydrogen (secondary N) is 1. The van der Waals surface area contributed by atoms with Gasteiger partial charge in [0.15, 0.2) is 0 Å². The van der Waals surface area contributed by atoms with Crippen molar-refractivity contribution in [3.05, 3.63) is 63.1 Å². The molecule has 1 fully saturated rings. The lowest BCUT2D eigenvalue weighted by Crippen LogP contribution is -2.37. The molecule has 0 aromatic heterocycles.